The van der Waals surface area contributed by atoms with Crippen LogP contribution in [0.4, 0.5) is 29.5 Å². The summed E-state index contributed by atoms with van der Waals surface area (Å²) in [5.41, 5.74) is -0.735. The van der Waals surface area contributed by atoms with Gasteiger partial charge < -0.3 is 14.5 Å². The van der Waals surface area contributed by atoms with Crippen LogP contribution in [0.1, 0.15) is 15.9 Å². The number of hydrogen-bond donors (Lipinski definition) is 1. The number of nitrogens with one attached hydrogen (secondary N) is 1. The summed E-state index contributed by atoms with van der Waals surface area (Å²) >= 11 is 0. The number of carbonyl (C=O) groups is 2. The van der Waals surface area contributed by atoms with Gasteiger partial charge in [0, 0.05) is 37.9 Å². The molecule has 176 valence electrons. The van der Waals surface area contributed by atoms with Crippen LogP contribution in [-0.4, -0.2) is 53.3 Å². The van der Waals surface area contributed by atoms with E-state index in [1.54, 1.807) is 30.3 Å². The lowest BCUT2D eigenvalue weighted by Gasteiger charge is -2.35. The van der Waals surface area contributed by atoms with E-state index in [0.717, 1.165) is 6.07 Å². The van der Waals surface area contributed by atoms with E-state index < -0.39 is 23.7 Å². The van der Waals surface area contributed by atoms with Crippen molar-refractivity contribution >= 4 is 23.5 Å². The van der Waals surface area contributed by atoms with Crippen LogP contribution < -0.4 is 15.0 Å². The van der Waals surface area contributed by atoms with Gasteiger partial charge >= 0.3 is 12.3 Å². The number of halogens is 3. The molecule has 1 saturated heterocycles. The molecule has 1 fully saturated rings. The fourth-order valence-corrected chi connectivity index (χ4v) is 3.52. The number of carbonyl (C=O) groups excluding carboxylic acids is 2. The molecule has 0 radical (unpaired) electrons. The lowest BCUT2D eigenvalue weighted by atomic mass is 10.1. The molecule has 8 nitrogen and oxygen atoms in total. The molecule has 0 spiro atoms. The van der Waals surface area contributed by atoms with Crippen LogP contribution in [-0.2, 0) is 6.18 Å². The third-order valence-electron chi connectivity index (χ3n) is 5.20. The highest BCUT2D eigenvalue weighted by atomic mass is 19.4. The molecule has 4 rings (SSSR count). The van der Waals surface area contributed by atoms with Gasteiger partial charge in [-0.05, 0) is 30.3 Å². The number of alkyl halides is 3. The van der Waals surface area contributed by atoms with Gasteiger partial charge in [-0.1, -0.05) is 30.3 Å². The van der Waals surface area contributed by atoms with E-state index in [1.807, 2.05) is 11.0 Å². The van der Waals surface area contributed by atoms with Crippen molar-refractivity contribution in [1.29, 1.82) is 0 Å². The van der Waals surface area contributed by atoms with Crippen molar-refractivity contribution in [2.24, 2.45) is 0 Å². The normalized spacial score (nSPS) is 14.0. The van der Waals surface area contributed by atoms with Gasteiger partial charge in [0.25, 0.3) is 5.91 Å². The fraction of sp³-hybridized carbons (Fsp3) is 0.217. The number of aromatic nitrogens is 2. The summed E-state index contributed by atoms with van der Waals surface area (Å²) in [6, 6.07) is 16.7. The summed E-state index contributed by atoms with van der Waals surface area (Å²) in [6.07, 6.45) is -5.31. The molecule has 1 aliphatic rings. The Morgan fingerprint density at radius 2 is 1.53 bits per heavy atom. The number of anilines is 2. The quantitative estimate of drug-likeness (QED) is 0.617. The largest absolute Gasteiger partial charge is 0.418 e. The van der Waals surface area contributed by atoms with Crippen LogP contribution in [0.25, 0.3) is 0 Å². The highest BCUT2D eigenvalue weighted by Crippen LogP contribution is 2.32. The first-order chi connectivity index (χ1) is 16.3. The van der Waals surface area contributed by atoms with Gasteiger partial charge in [-0.25, -0.2) is 4.79 Å². The second kappa shape index (κ2) is 9.77. The smallest absolute Gasteiger partial charge is 0.389 e. The van der Waals surface area contributed by atoms with Crippen molar-refractivity contribution in [3.05, 3.63) is 77.9 Å². The molecule has 0 aliphatic carbocycles. The number of benzene rings is 2. The van der Waals surface area contributed by atoms with Gasteiger partial charge in [0.15, 0.2) is 5.82 Å². The molecule has 11 heteroatoms. The Kier molecular flexibility index (Phi) is 6.62. The highest BCUT2D eigenvalue weighted by molar-refractivity contribution is 5.96. The van der Waals surface area contributed by atoms with E-state index in [1.165, 1.54) is 29.2 Å². The monoisotopic (exact) mass is 471 g/mol. The van der Waals surface area contributed by atoms with Crippen LogP contribution >= 0.6 is 0 Å². The molecule has 1 aromatic heterocycles. The van der Waals surface area contributed by atoms with Crippen LogP contribution in [0, 0.1) is 0 Å². The number of hydrogen-bond acceptors (Lipinski definition) is 6. The van der Waals surface area contributed by atoms with Crippen molar-refractivity contribution in [2.45, 2.75) is 6.18 Å². The lowest BCUT2D eigenvalue weighted by molar-refractivity contribution is -0.138. The number of ether oxygens (including phenoxy) is 1. The Bertz CT molecular complexity index is 1150. The van der Waals surface area contributed by atoms with Crippen molar-refractivity contribution in [3.63, 3.8) is 0 Å². The van der Waals surface area contributed by atoms with Crippen LogP contribution in [0.2, 0.25) is 0 Å². The molecule has 34 heavy (non-hydrogen) atoms. The van der Waals surface area contributed by atoms with E-state index in [4.69, 9.17) is 4.74 Å². The van der Waals surface area contributed by atoms with E-state index in [9.17, 15) is 22.8 Å². The molecule has 0 bridgehead atoms. The SMILES string of the molecule is O=C(Nc1ccccc1)Oc1ccc(N2CCN(C(=O)c3ccccc3C(F)(F)F)CC2)nn1. The number of amides is 2. The number of nitrogens with zero attached hydrogens (tertiary/aromatic N) is 4. The zero-order chi connectivity index (χ0) is 24.1. The van der Waals surface area contributed by atoms with Gasteiger partial charge in [0.1, 0.15) is 0 Å². The second-order valence-electron chi connectivity index (χ2n) is 7.43. The summed E-state index contributed by atoms with van der Waals surface area (Å²) in [4.78, 5) is 27.9. The standard InChI is InChI=1S/C23H20F3N5O3/c24-23(25,26)18-9-5-4-8-17(18)21(32)31-14-12-30(13-15-31)19-10-11-20(29-28-19)34-22(33)27-16-6-2-1-3-7-16/h1-11H,12-15H2,(H,27,33). The number of para-hydroxylation sites is 1. The minimum atomic E-state index is -4.61. The Morgan fingerprint density at radius 1 is 0.853 bits per heavy atom. The minimum Gasteiger partial charge on any atom is -0.389 e. The van der Waals surface area contributed by atoms with Gasteiger partial charge in [0.05, 0.1) is 11.1 Å². The summed E-state index contributed by atoms with van der Waals surface area (Å²) < 4.78 is 44.9. The highest BCUT2D eigenvalue weighted by Gasteiger charge is 2.36. The summed E-state index contributed by atoms with van der Waals surface area (Å²) in [5.74, 6) is -0.153. The topological polar surface area (TPSA) is 87.7 Å². The molecular formula is C23H20F3N5O3. The van der Waals surface area contributed by atoms with Gasteiger partial charge in [-0.2, -0.15) is 13.2 Å². The minimum absolute atomic E-state index is 0.00903. The van der Waals surface area contributed by atoms with Crippen molar-refractivity contribution in [2.75, 3.05) is 36.4 Å². The second-order valence-corrected chi connectivity index (χ2v) is 7.43. The first-order valence-electron chi connectivity index (χ1n) is 10.4. The van der Waals surface area contributed by atoms with Crippen molar-refractivity contribution in [3.8, 4) is 5.88 Å². The van der Waals surface area contributed by atoms with Crippen molar-refractivity contribution in [1.82, 2.24) is 15.1 Å². The third-order valence-corrected chi connectivity index (χ3v) is 5.20. The van der Waals surface area contributed by atoms with E-state index >= 15 is 0 Å². The summed E-state index contributed by atoms with van der Waals surface area (Å²) in [5, 5.41) is 10.5. The van der Waals surface area contributed by atoms with Crippen molar-refractivity contribution < 1.29 is 27.5 Å². The maximum Gasteiger partial charge on any atom is 0.418 e. The van der Waals surface area contributed by atoms with Gasteiger partial charge in [-0.3, -0.25) is 10.1 Å². The van der Waals surface area contributed by atoms with E-state index in [2.05, 4.69) is 15.5 Å². The number of piperazine rings is 1. The van der Waals surface area contributed by atoms with E-state index in [0.29, 0.717) is 24.6 Å². The molecule has 2 heterocycles. The lowest BCUT2D eigenvalue weighted by Crippen LogP contribution is -2.49. The molecule has 3 aromatic rings. The predicted octanol–water partition coefficient (Wildman–Crippen LogP) is 4.07. The molecule has 2 aromatic carbocycles. The first-order valence-corrected chi connectivity index (χ1v) is 10.4. The molecule has 0 unspecified atom stereocenters. The number of rotatable bonds is 4. The summed E-state index contributed by atoms with van der Waals surface area (Å²) in [6.45, 7) is 1.18. The first kappa shape index (κ1) is 23.0. The summed E-state index contributed by atoms with van der Waals surface area (Å²) in [7, 11) is 0. The Morgan fingerprint density at radius 3 is 2.18 bits per heavy atom. The van der Waals surface area contributed by atoms with Crippen LogP contribution in [0.5, 0.6) is 5.88 Å². The average molecular weight is 471 g/mol. The fourth-order valence-electron chi connectivity index (χ4n) is 3.52. The van der Waals surface area contributed by atoms with Gasteiger partial charge in [-0.15, -0.1) is 10.2 Å². The van der Waals surface area contributed by atoms with E-state index in [-0.39, 0.29) is 24.5 Å². The molecular weight excluding hydrogens is 451 g/mol. The maximum atomic E-state index is 13.3. The average Bonchev–Trinajstić information content (AvgIpc) is 2.84. The van der Waals surface area contributed by atoms with Gasteiger partial charge in [0.2, 0.25) is 5.88 Å². The Balaban J connectivity index is 1.33. The molecule has 0 atom stereocenters. The van der Waals surface area contributed by atoms with Crippen LogP contribution in [0.3, 0.4) is 0 Å². The molecule has 1 aliphatic heterocycles. The molecule has 1 N–H and O–H groups in total. The molecule has 2 amide bonds. The van der Waals surface area contributed by atoms with Crippen LogP contribution in [0.15, 0.2) is 66.7 Å². The Hall–Kier alpha value is -4.15. The maximum absolute atomic E-state index is 13.3. The zero-order valence-electron chi connectivity index (χ0n) is 17.8. The third kappa shape index (κ3) is 5.42. The Labute approximate surface area is 193 Å². The predicted molar refractivity (Wildman–Crippen MR) is 118 cm³/mol. The zero-order valence-corrected chi connectivity index (χ0v) is 17.8. The molecule has 0 saturated carbocycles.